The first kappa shape index (κ1) is 36.5. The number of hydrogen-bond acceptors (Lipinski definition) is 8. The largest absolute Gasteiger partial charge is 0.495 e. The van der Waals surface area contributed by atoms with Crippen molar-refractivity contribution < 1.29 is 36.6 Å². The SMILES string of the molecule is CC[C@@H](C(=O)Nc1ccc(C(=O)NCCCN2CCOCC2)c(F)c1)n1cc(OC)c(-c2cc(Cl)ccc2-n2cc(C(F)(F)F)nn2)cc1=O. The lowest BCUT2D eigenvalue weighted by Crippen LogP contribution is -2.38. The van der Waals surface area contributed by atoms with E-state index in [2.05, 4.69) is 25.8 Å². The quantitative estimate of drug-likeness (QED) is 0.155. The zero-order chi connectivity index (χ0) is 36.0. The Balaban J connectivity index is 1.32. The van der Waals surface area contributed by atoms with Gasteiger partial charge < -0.3 is 20.1 Å². The third-order valence-corrected chi connectivity index (χ3v) is 8.33. The molecule has 0 radical (unpaired) electrons. The monoisotopic (exact) mass is 719 g/mol. The van der Waals surface area contributed by atoms with Crippen molar-refractivity contribution in [3.05, 3.63) is 87.3 Å². The summed E-state index contributed by atoms with van der Waals surface area (Å²) in [6.45, 7) is 5.82. The molecular formula is C33H34ClF4N7O5. The highest BCUT2D eigenvalue weighted by molar-refractivity contribution is 6.31. The van der Waals surface area contributed by atoms with Crippen LogP contribution in [-0.2, 0) is 15.7 Å². The van der Waals surface area contributed by atoms with E-state index in [1.54, 1.807) is 6.92 Å². The van der Waals surface area contributed by atoms with Crippen LogP contribution in [0.25, 0.3) is 16.8 Å². The standard InChI is InChI=1S/C33H34ClF4N7O5/c1-3-26(32(48)40-21-6-7-22(25(35)16-21)31(47)39-9-4-10-43-11-13-50-14-12-43)44-18-28(49-2)24(17-30(44)46)23-15-20(34)5-8-27(23)45-19-29(41-42-45)33(36,37)38/h5-8,15-19,26H,3-4,9-14H2,1-2H3,(H,39,47)(H,40,48)/t26-/m0/s1. The van der Waals surface area contributed by atoms with Gasteiger partial charge in [0.25, 0.3) is 11.5 Å². The van der Waals surface area contributed by atoms with Gasteiger partial charge >= 0.3 is 6.18 Å². The smallest absolute Gasteiger partial charge is 0.436 e. The van der Waals surface area contributed by atoms with E-state index in [1.807, 2.05) is 0 Å². The third kappa shape index (κ3) is 8.49. The number of alkyl halides is 3. The Morgan fingerprint density at radius 2 is 1.84 bits per heavy atom. The first-order valence-corrected chi connectivity index (χ1v) is 16.1. The number of methoxy groups -OCH3 is 1. The number of nitrogens with zero attached hydrogens (tertiary/aromatic N) is 5. The number of nitrogens with one attached hydrogen (secondary N) is 2. The van der Waals surface area contributed by atoms with Crippen molar-refractivity contribution in [2.75, 3.05) is 51.8 Å². The summed E-state index contributed by atoms with van der Waals surface area (Å²) >= 11 is 6.23. The third-order valence-electron chi connectivity index (χ3n) is 8.09. The number of carbonyl (C=O) groups excluding carboxylic acids is 2. The number of ether oxygens (including phenoxy) is 2. The molecule has 0 bridgehead atoms. The van der Waals surface area contributed by atoms with Gasteiger partial charge in [-0.3, -0.25) is 23.9 Å². The fraction of sp³-hybridized carbons (Fsp3) is 0.364. The Kier molecular flexibility index (Phi) is 11.5. The average molecular weight is 720 g/mol. The molecule has 5 rings (SSSR count). The van der Waals surface area contributed by atoms with Crippen LogP contribution in [0.15, 0.2) is 59.7 Å². The van der Waals surface area contributed by atoms with Crippen molar-refractivity contribution in [1.82, 2.24) is 29.8 Å². The van der Waals surface area contributed by atoms with Crippen LogP contribution in [0.3, 0.4) is 0 Å². The molecule has 1 saturated heterocycles. The van der Waals surface area contributed by atoms with E-state index in [-0.39, 0.29) is 45.3 Å². The Morgan fingerprint density at radius 1 is 1.08 bits per heavy atom. The van der Waals surface area contributed by atoms with E-state index in [0.717, 1.165) is 34.9 Å². The molecule has 2 N–H and O–H groups in total. The molecule has 1 atom stereocenters. The summed E-state index contributed by atoms with van der Waals surface area (Å²) in [6, 6.07) is 8.05. The minimum Gasteiger partial charge on any atom is -0.495 e. The van der Waals surface area contributed by atoms with E-state index in [4.69, 9.17) is 21.1 Å². The molecule has 0 unspecified atom stereocenters. The number of rotatable bonds is 12. The summed E-state index contributed by atoms with van der Waals surface area (Å²) < 4.78 is 67.6. The van der Waals surface area contributed by atoms with Gasteiger partial charge in [0.2, 0.25) is 5.91 Å². The second-order valence-electron chi connectivity index (χ2n) is 11.4. The van der Waals surface area contributed by atoms with Gasteiger partial charge in [0.1, 0.15) is 17.6 Å². The molecule has 1 aliphatic heterocycles. The van der Waals surface area contributed by atoms with Gasteiger partial charge in [-0.25, -0.2) is 9.07 Å². The van der Waals surface area contributed by atoms with Crippen molar-refractivity contribution in [2.24, 2.45) is 0 Å². The number of aromatic nitrogens is 4. The summed E-state index contributed by atoms with van der Waals surface area (Å²) in [5.41, 5.74) is -1.46. The fourth-order valence-corrected chi connectivity index (χ4v) is 5.69. The number of carbonyl (C=O) groups is 2. The Hall–Kier alpha value is -4.80. The fourth-order valence-electron chi connectivity index (χ4n) is 5.52. The van der Waals surface area contributed by atoms with Crippen LogP contribution >= 0.6 is 11.6 Å². The summed E-state index contributed by atoms with van der Waals surface area (Å²) in [4.78, 5) is 41.7. The number of hydrogen-bond donors (Lipinski definition) is 2. The molecule has 0 aliphatic carbocycles. The van der Waals surface area contributed by atoms with Gasteiger partial charge in [0.05, 0.1) is 44.0 Å². The number of benzene rings is 2. The van der Waals surface area contributed by atoms with E-state index in [1.165, 1.54) is 49.7 Å². The first-order chi connectivity index (χ1) is 23.9. The average Bonchev–Trinajstić information content (AvgIpc) is 3.59. The lowest BCUT2D eigenvalue weighted by Gasteiger charge is -2.26. The lowest BCUT2D eigenvalue weighted by atomic mass is 10.0. The number of halogens is 5. The molecule has 266 valence electrons. The van der Waals surface area contributed by atoms with Crippen LogP contribution in [-0.4, -0.2) is 82.8 Å². The van der Waals surface area contributed by atoms with Gasteiger partial charge in [0, 0.05) is 47.5 Å². The molecule has 1 aliphatic rings. The maximum Gasteiger partial charge on any atom is 0.436 e. The Labute approximate surface area is 288 Å². The molecule has 50 heavy (non-hydrogen) atoms. The second kappa shape index (κ2) is 15.8. The molecule has 17 heteroatoms. The van der Waals surface area contributed by atoms with Crippen LogP contribution in [0.5, 0.6) is 5.75 Å². The molecule has 0 saturated carbocycles. The normalized spacial score (nSPS) is 14.3. The van der Waals surface area contributed by atoms with Gasteiger partial charge in [-0.05, 0) is 55.8 Å². The van der Waals surface area contributed by atoms with Crippen LogP contribution in [0.1, 0.15) is 41.9 Å². The summed E-state index contributed by atoms with van der Waals surface area (Å²) in [5.74, 6) is -1.96. The molecule has 4 aromatic rings. The topological polar surface area (TPSA) is 133 Å². The number of anilines is 1. The zero-order valence-electron chi connectivity index (χ0n) is 27.1. The Morgan fingerprint density at radius 3 is 2.50 bits per heavy atom. The molecule has 1 fully saturated rings. The van der Waals surface area contributed by atoms with Gasteiger partial charge in [-0.15, -0.1) is 5.10 Å². The van der Waals surface area contributed by atoms with E-state index in [0.29, 0.717) is 32.4 Å². The molecule has 3 heterocycles. The van der Waals surface area contributed by atoms with Gasteiger partial charge in [-0.1, -0.05) is 23.7 Å². The minimum absolute atomic E-state index is 0.0704. The van der Waals surface area contributed by atoms with Crippen molar-refractivity contribution in [3.63, 3.8) is 0 Å². The van der Waals surface area contributed by atoms with E-state index < -0.39 is 41.1 Å². The summed E-state index contributed by atoms with van der Waals surface area (Å²) in [7, 11) is 1.32. The number of pyridine rings is 1. The highest BCUT2D eigenvalue weighted by Crippen LogP contribution is 2.36. The van der Waals surface area contributed by atoms with Crippen LogP contribution in [0.4, 0.5) is 23.2 Å². The zero-order valence-corrected chi connectivity index (χ0v) is 27.9. The van der Waals surface area contributed by atoms with Crippen LogP contribution < -0.4 is 20.9 Å². The molecule has 12 nitrogen and oxygen atoms in total. The van der Waals surface area contributed by atoms with Crippen LogP contribution in [0.2, 0.25) is 5.02 Å². The predicted molar refractivity (Wildman–Crippen MR) is 176 cm³/mol. The lowest BCUT2D eigenvalue weighted by molar-refractivity contribution is -0.141. The van der Waals surface area contributed by atoms with Crippen molar-refractivity contribution in [1.29, 1.82) is 0 Å². The highest BCUT2D eigenvalue weighted by atomic mass is 35.5. The summed E-state index contributed by atoms with van der Waals surface area (Å²) in [5, 5.41) is 12.3. The maximum absolute atomic E-state index is 15.0. The first-order valence-electron chi connectivity index (χ1n) is 15.7. The van der Waals surface area contributed by atoms with Crippen molar-refractivity contribution in [2.45, 2.75) is 32.0 Å². The predicted octanol–water partition coefficient (Wildman–Crippen LogP) is 4.96. The van der Waals surface area contributed by atoms with Gasteiger partial charge in [-0.2, -0.15) is 13.2 Å². The number of morpholine rings is 1. The van der Waals surface area contributed by atoms with Crippen LogP contribution in [0, 0.1) is 5.82 Å². The molecule has 0 spiro atoms. The molecule has 2 aromatic carbocycles. The van der Waals surface area contributed by atoms with Gasteiger partial charge in [0.15, 0.2) is 5.69 Å². The van der Waals surface area contributed by atoms with Crippen molar-refractivity contribution in [3.8, 4) is 22.6 Å². The molecule has 2 amide bonds. The van der Waals surface area contributed by atoms with E-state index in [9.17, 15) is 31.9 Å². The highest BCUT2D eigenvalue weighted by Gasteiger charge is 2.35. The molecular weight excluding hydrogens is 686 g/mol. The number of amides is 2. The van der Waals surface area contributed by atoms with Crippen molar-refractivity contribution >= 4 is 29.1 Å². The summed E-state index contributed by atoms with van der Waals surface area (Å²) in [6.07, 6.45) is -1.90. The van der Waals surface area contributed by atoms with E-state index >= 15 is 0 Å². The minimum atomic E-state index is -4.73. The maximum atomic E-state index is 15.0. The second-order valence-corrected chi connectivity index (χ2v) is 11.8. The Bertz CT molecular complexity index is 1910. The molecule has 2 aromatic heterocycles.